The van der Waals surface area contributed by atoms with E-state index >= 15 is 0 Å². The minimum absolute atomic E-state index is 0.239. The number of nitrogens with one attached hydrogen (secondary N) is 1. The van der Waals surface area contributed by atoms with Crippen LogP contribution in [0.25, 0.3) is 0 Å². The summed E-state index contributed by atoms with van der Waals surface area (Å²) >= 11 is 0. The summed E-state index contributed by atoms with van der Waals surface area (Å²) in [6, 6.07) is 5.63. The summed E-state index contributed by atoms with van der Waals surface area (Å²) in [6.07, 6.45) is 1.36. The monoisotopic (exact) mass is 220 g/mol. The molecule has 2 heterocycles. The Morgan fingerprint density at radius 3 is 2.44 bits per heavy atom. The molecule has 1 fully saturated rings. The SMILES string of the molecule is CC1(C)NC(c2ccccn2)N([O])C1(C)C. The average Bonchev–Trinajstić information content (AvgIpc) is 2.40. The number of hydrogen-bond donors (Lipinski definition) is 1. The van der Waals surface area contributed by atoms with Gasteiger partial charge in [-0.3, -0.25) is 10.3 Å². The van der Waals surface area contributed by atoms with Gasteiger partial charge in [0.05, 0.1) is 11.2 Å². The second kappa shape index (κ2) is 3.52. The lowest BCUT2D eigenvalue weighted by Gasteiger charge is -2.35. The molecule has 1 radical (unpaired) electrons. The molecule has 0 aliphatic carbocycles. The van der Waals surface area contributed by atoms with Gasteiger partial charge in [0.25, 0.3) is 0 Å². The molecule has 0 bridgehead atoms. The minimum Gasteiger partial charge on any atom is -0.288 e. The Bertz CT molecular complexity index is 375. The highest BCUT2D eigenvalue weighted by atomic mass is 16.5. The smallest absolute Gasteiger partial charge is 0.131 e. The van der Waals surface area contributed by atoms with Crippen molar-refractivity contribution in [1.29, 1.82) is 0 Å². The summed E-state index contributed by atoms with van der Waals surface area (Å²) in [5.74, 6) is 0. The lowest BCUT2D eigenvalue weighted by atomic mass is 9.84. The zero-order valence-corrected chi connectivity index (χ0v) is 10.2. The second-order valence-corrected chi connectivity index (χ2v) is 5.31. The van der Waals surface area contributed by atoms with E-state index in [9.17, 15) is 5.21 Å². The zero-order chi connectivity index (χ0) is 12.0. The quantitative estimate of drug-likeness (QED) is 0.786. The van der Waals surface area contributed by atoms with E-state index in [1.165, 1.54) is 0 Å². The van der Waals surface area contributed by atoms with Gasteiger partial charge in [-0.25, -0.2) is 0 Å². The predicted molar refractivity (Wildman–Crippen MR) is 60.8 cm³/mol. The molecule has 1 aromatic rings. The van der Waals surface area contributed by atoms with Crippen molar-refractivity contribution in [2.45, 2.75) is 44.9 Å². The maximum absolute atomic E-state index is 12.3. The molecule has 1 atom stereocenters. The van der Waals surface area contributed by atoms with Crippen molar-refractivity contribution in [3.63, 3.8) is 0 Å². The third kappa shape index (κ3) is 1.54. The van der Waals surface area contributed by atoms with Crippen molar-refractivity contribution in [3.05, 3.63) is 30.1 Å². The van der Waals surface area contributed by atoms with E-state index in [0.717, 1.165) is 10.8 Å². The van der Waals surface area contributed by atoms with Gasteiger partial charge in [0.15, 0.2) is 0 Å². The second-order valence-electron chi connectivity index (χ2n) is 5.31. The van der Waals surface area contributed by atoms with E-state index in [-0.39, 0.29) is 11.7 Å². The first-order valence-electron chi connectivity index (χ1n) is 5.51. The molecule has 1 aliphatic rings. The van der Waals surface area contributed by atoms with Crippen molar-refractivity contribution >= 4 is 0 Å². The number of pyridine rings is 1. The molecule has 2 rings (SSSR count). The van der Waals surface area contributed by atoms with Crippen LogP contribution < -0.4 is 5.32 Å². The summed E-state index contributed by atoms with van der Waals surface area (Å²) in [5.41, 5.74) is 0.0858. The summed E-state index contributed by atoms with van der Waals surface area (Å²) in [4.78, 5) is 4.24. The summed E-state index contributed by atoms with van der Waals surface area (Å²) in [7, 11) is 0. The Morgan fingerprint density at radius 2 is 2.00 bits per heavy atom. The summed E-state index contributed by atoms with van der Waals surface area (Å²) < 4.78 is 0. The van der Waals surface area contributed by atoms with Crippen LogP contribution in [0.15, 0.2) is 24.4 Å². The first-order chi connectivity index (χ1) is 7.36. The van der Waals surface area contributed by atoms with E-state index in [1.54, 1.807) is 6.20 Å². The Hall–Kier alpha value is -0.970. The third-order valence-electron chi connectivity index (χ3n) is 3.78. The molecule has 16 heavy (non-hydrogen) atoms. The highest BCUT2D eigenvalue weighted by Gasteiger charge is 2.53. The summed E-state index contributed by atoms with van der Waals surface area (Å²) in [6.45, 7) is 7.99. The van der Waals surface area contributed by atoms with Crippen molar-refractivity contribution < 1.29 is 5.21 Å². The fourth-order valence-electron chi connectivity index (χ4n) is 1.91. The molecule has 1 aliphatic heterocycles. The zero-order valence-electron chi connectivity index (χ0n) is 10.2. The van der Waals surface area contributed by atoms with Gasteiger partial charge in [-0.2, -0.15) is 0 Å². The molecule has 1 aromatic heterocycles. The van der Waals surface area contributed by atoms with Crippen LogP contribution in [-0.4, -0.2) is 21.1 Å². The molecular weight excluding hydrogens is 202 g/mol. The van der Waals surface area contributed by atoms with Crippen LogP contribution in [0.3, 0.4) is 0 Å². The van der Waals surface area contributed by atoms with Gasteiger partial charge in [-0.05, 0) is 39.8 Å². The molecule has 1 saturated heterocycles. The molecule has 0 spiro atoms. The van der Waals surface area contributed by atoms with Gasteiger partial charge in [-0.1, -0.05) is 6.07 Å². The molecule has 1 N–H and O–H groups in total. The standard InChI is InChI=1S/C12H18N3O/c1-11(2)12(3,4)15(16)10(14-11)9-7-5-6-8-13-9/h5-8,10,14H,1-4H3. The Labute approximate surface area is 96.3 Å². The van der Waals surface area contributed by atoms with Crippen molar-refractivity contribution in [2.24, 2.45) is 0 Å². The Balaban J connectivity index is 2.35. The molecule has 1 unspecified atom stereocenters. The van der Waals surface area contributed by atoms with Gasteiger partial charge in [0.2, 0.25) is 0 Å². The molecule has 4 nitrogen and oxygen atoms in total. The van der Waals surface area contributed by atoms with Crippen LogP contribution in [0.1, 0.15) is 39.6 Å². The van der Waals surface area contributed by atoms with Gasteiger partial charge in [0.1, 0.15) is 6.17 Å². The van der Waals surface area contributed by atoms with E-state index in [2.05, 4.69) is 10.3 Å². The lowest BCUT2D eigenvalue weighted by molar-refractivity contribution is -0.229. The number of aromatic nitrogens is 1. The summed E-state index contributed by atoms with van der Waals surface area (Å²) in [5, 5.41) is 16.7. The van der Waals surface area contributed by atoms with Crippen molar-refractivity contribution in [1.82, 2.24) is 15.4 Å². The van der Waals surface area contributed by atoms with E-state index < -0.39 is 5.54 Å². The van der Waals surface area contributed by atoms with Crippen molar-refractivity contribution in [2.75, 3.05) is 0 Å². The van der Waals surface area contributed by atoms with Crippen LogP contribution in [0, 0.1) is 0 Å². The van der Waals surface area contributed by atoms with Gasteiger partial charge in [-0.15, -0.1) is 10.3 Å². The maximum atomic E-state index is 12.3. The third-order valence-corrected chi connectivity index (χ3v) is 3.78. The van der Waals surface area contributed by atoms with Crippen molar-refractivity contribution in [3.8, 4) is 0 Å². The highest BCUT2D eigenvalue weighted by molar-refractivity contribution is 5.16. The first-order valence-corrected chi connectivity index (χ1v) is 5.51. The predicted octanol–water partition coefficient (Wildman–Crippen LogP) is 1.89. The van der Waals surface area contributed by atoms with E-state index in [1.807, 2.05) is 45.9 Å². The number of nitrogens with zero attached hydrogens (tertiary/aromatic N) is 2. The minimum atomic E-state index is -0.449. The van der Waals surface area contributed by atoms with Gasteiger partial charge < -0.3 is 0 Å². The van der Waals surface area contributed by atoms with E-state index in [0.29, 0.717) is 0 Å². The van der Waals surface area contributed by atoms with Crippen LogP contribution in [-0.2, 0) is 5.21 Å². The Morgan fingerprint density at radius 1 is 1.31 bits per heavy atom. The first kappa shape index (κ1) is 11.5. The van der Waals surface area contributed by atoms with Crippen LogP contribution >= 0.6 is 0 Å². The van der Waals surface area contributed by atoms with Crippen LogP contribution in [0.2, 0.25) is 0 Å². The molecule has 0 amide bonds. The molecule has 4 heteroatoms. The molecule has 0 aromatic carbocycles. The number of hydroxylamine groups is 2. The number of hydrogen-bond acceptors (Lipinski definition) is 3. The molecule has 0 saturated carbocycles. The number of rotatable bonds is 1. The molecule has 87 valence electrons. The average molecular weight is 220 g/mol. The topological polar surface area (TPSA) is 48.1 Å². The fourth-order valence-corrected chi connectivity index (χ4v) is 1.91. The normalized spacial score (nSPS) is 28.2. The largest absolute Gasteiger partial charge is 0.288 e. The van der Waals surface area contributed by atoms with Gasteiger partial charge in [0, 0.05) is 11.7 Å². The lowest BCUT2D eigenvalue weighted by Crippen LogP contribution is -2.51. The molecular formula is C12H18N3O. The highest BCUT2D eigenvalue weighted by Crippen LogP contribution is 2.40. The van der Waals surface area contributed by atoms with Gasteiger partial charge >= 0.3 is 0 Å². The maximum Gasteiger partial charge on any atom is 0.131 e. The van der Waals surface area contributed by atoms with Crippen LogP contribution in [0.5, 0.6) is 0 Å². The van der Waals surface area contributed by atoms with Crippen LogP contribution in [0.4, 0.5) is 0 Å². The Kier molecular flexibility index (Phi) is 2.53. The fraction of sp³-hybridized carbons (Fsp3) is 0.583. The van der Waals surface area contributed by atoms with E-state index in [4.69, 9.17) is 0 Å².